The summed E-state index contributed by atoms with van der Waals surface area (Å²) in [6, 6.07) is 3.64. The first-order valence-corrected chi connectivity index (χ1v) is 7.46. The molecule has 1 saturated heterocycles. The van der Waals surface area contributed by atoms with Crippen molar-refractivity contribution in [3.63, 3.8) is 0 Å². The third-order valence-electron chi connectivity index (χ3n) is 3.65. The molecule has 2 aromatic rings. The number of nitrogens with zero attached hydrogens (tertiary/aromatic N) is 6. The predicted octanol–water partition coefficient (Wildman–Crippen LogP) is 0.344. The van der Waals surface area contributed by atoms with Crippen molar-refractivity contribution in [1.82, 2.24) is 30.3 Å². The molecule has 1 aliphatic rings. The van der Waals surface area contributed by atoms with Gasteiger partial charge < -0.3 is 14.5 Å². The van der Waals surface area contributed by atoms with Gasteiger partial charge in [0.1, 0.15) is 12.4 Å². The Hall–Kier alpha value is -2.71. The number of aromatic amines is 1. The highest BCUT2D eigenvalue weighted by Gasteiger charge is 2.27. The second-order valence-corrected chi connectivity index (χ2v) is 5.59. The van der Waals surface area contributed by atoms with Crippen molar-refractivity contribution in [1.29, 1.82) is 0 Å². The lowest BCUT2D eigenvalue weighted by molar-refractivity contribution is 0.0515. The van der Waals surface area contributed by atoms with Crippen molar-refractivity contribution in [3.05, 3.63) is 24.3 Å². The van der Waals surface area contributed by atoms with Crippen LogP contribution in [0.25, 0.3) is 0 Å². The number of anilines is 1. The van der Waals surface area contributed by atoms with Gasteiger partial charge in [-0.25, -0.2) is 4.98 Å². The number of hydrogen-bond acceptors (Lipinski definition) is 7. The van der Waals surface area contributed by atoms with Gasteiger partial charge in [0.05, 0.1) is 6.54 Å². The van der Waals surface area contributed by atoms with E-state index in [4.69, 9.17) is 4.74 Å². The van der Waals surface area contributed by atoms with Gasteiger partial charge in [0.15, 0.2) is 5.82 Å². The minimum atomic E-state index is -0.162. The number of aromatic nitrogens is 5. The summed E-state index contributed by atoms with van der Waals surface area (Å²) < 4.78 is 5.86. The maximum Gasteiger partial charge on any atom is 0.291 e. The average molecular weight is 317 g/mol. The van der Waals surface area contributed by atoms with Crippen LogP contribution in [-0.2, 0) is 0 Å². The second kappa shape index (κ2) is 6.59. The number of carbonyl (C=O) groups is 1. The SMILES string of the molecule is CN(C)c1ccc(OC2CCCN(C(=O)c3ncn[nH]3)C2)nn1. The van der Waals surface area contributed by atoms with Gasteiger partial charge in [-0.3, -0.25) is 9.89 Å². The minimum absolute atomic E-state index is 0.102. The molecule has 1 unspecified atom stereocenters. The summed E-state index contributed by atoms with van der Waals surface area (Å²) in [5, 5.41) is 14.5. The van der Waals surface area contributed by atoms with E-state index < -0.39 is 0 Å². The highest BCUT2D eigenvalue weighted by Crippen LogP contribution is 2.18. The van der Waals surface area contributed by atoms with Gasteiger partial charge in [-0.1, -0.05) is 0 Å². The van der Waals surface area contributed by atoms with Crippen LogP contribution in [0.4, 0.5) is 5.82 Å². The maximum atomic E-state index is 12.3. The zero-order chi connectivity index (χ0) is 16.2. The lowest BCUT2D eigenvalue weighted by Crippen LogP contribution is -2.44. The van der Waals surface area contributed by atoms with Gasteiger partial charge in [-0.15, -0.1) is 10.2 Å². The number of piperidine rings is 1. The molecule has 0 saturated carbocycles. The number of H-pyrrole nitrogens is 1. The Labute approximate surface area is 133 Å². The van der Waals surface area contributed by atoms with Crippen LogP contribution in [0.1, 0.15) is 23.5 Å². The molecule has 1 N–H and O–H groups in total. The van der Waals surface area contributed by atoms with Crippen LogP contribution < -0.4 is 9.64 Å². The van der Waals surface area contributed by atoms with Crippen LogP contribution in [0.2, 0.25) is 0 Å². The maximum absolute atomic E-state index is 12.3. The summed E-state index contributed by atoms with van der Waals surface area (Å²) in [5.74, 6) is 1.32. The second-order valence-electron chi connectivity index (χ2n) is 5.59. The molecule has 1 atom stereocenters. The summed E-state index contributed by atoms with van der Waals surface area (Å²) in [7, 11) is 3.80. The largest absolute Gasteiger partial charge is 0.471 e. The standard InChI is InChI=1S/C14H19N7O2/c1-20(2)11-5-6-12(18-17-11)23-10-4-3-7-21(8-10)14(22)13-15-9-16-19-13/h5-6,9-10H,3-4,7-8H2,1-2H3,(H,15,16,19). The van der Waals surface area contributed by atoms with E-state index in [0.29, 0.717) is 19.0 Å². The van der Waals surface area contributed by atoms with Crippen LogP contribution in [-0.4, -0.2) is 69.5 Å². The van der Waals surface area contributed by atoms with Gasteiger partial charge in [-0.2, -0.15) is 5.10 Å². The molecular formula is C14H19N7O2. The number of nitrogens with one attached hydrogen (secondary N) is 1. The molecule has 0 aromatic carbocycles. The predicted molar refractivity (Wildman–Crippen MR) is 82.3 cm³/mol. The molecule has 3 rings (SSSR count). The molecule has 9 nitrogen and oxygen atoms in total. The lowest BCUT2D eigenvalue weighted by Gasteiger charge is -2.31. The summed E-state index contributed by atoms with van der Waals surface area (Å²) in [6.07, 6.45) is 2.97. The highest BCUT2D eigenvalue weighted by atomic mass is 16.5. The molecule has 0 spiro atoms. The fraction of sp³-hybridized carbons (Fsp3) is 0.500. The fourth-order valence-corrected chi connectivity index (χ4v) is 2.46. The van der Waals surface area contributed by atoms with Crippen LogP contribution in [0, 0.1) is 0 Å². The van der Waals surface area contributed by atoms with E-state index >= 15 is 0 Å². The monoisotopic (exact) mass is 317 g/mol. The van der Waals surface area contributed by atoms with Crippen LogP contribution in [0.5, 0.6) is 5.88 Å². The molecule has 3 heterocycles. The van der Waals surface area contributed by atoms with Gasteiger partial charge >= 0.3 is 0 Å². The Kier molecular flexibility index (Phi) is 4.35. The number of hydrogen-bond donors (Lipinski definition) is 1. The normalized spacial score (nSPS) is 17.8. The lowest BCUT2D eigenvalue weighted by atomic mass is 10.1. The first-order chi connectivity index (χ1) is 11.1. The summed E-state index contributed by atoms with van der Waals surface area (Å²) in [6.45, 7) is 1.18. The van der Waals surface area contributed by atoms with Crippen LogP contribution >= 0.6 is 0 Å². The Morgan fingerprint density at radius 2 is 2.26 bits per heavy atom. The van der Waals surface area contributed by atoms with E-state index in [1.54, 1.807) is 11.0 Å². The van der Waals surface area contributed by atoms with E-state index in [1.165, 1.54) is 6.33 Å². The van der Waals surface area contributed by atoms with Crippen molar-refractivity contribution >= 4 is 11.7 Å². The van der Waals surface area contributed by atoms with Crippen molar-refractivity contribution in [2.75, 3.05) is 32.1 Å². The van der Waals surface area contributed by atoms with E-state index in [1.807, 2.05) is 25.1 Å². The molecule has 0 radical (unpaired) electrons. The first-order valence-electron chi connectivity index (χ1n) is 7.46. The number of rotatable bonds is 4. The molecule has 0 bridgehead atoms. The first kappa shape index (κ1) is 15.2. The van der Waals surface area contributed by atoms with Crippen molar-refractivity contribution in [2.45, 2.75) is 18.9 Å². The average Bonchev–Trinajstić information content (AvgIpc) is 3.09. The Morgan fingerprint density at radius 3 is 2.91 bits per heavy atom. The fourth-order valence-electron chi connectivity index (χ4n) is 2.46. The Morgan fingerprint density at radius 1 is 1.39 bits per heavy atom. The zero-order valence-electron chi connectivity index (χ0n) is 13.1. The van der Waals surface area contributed by atoms with Crippen molar-refractivity contribution in [3.8, 4) is 5.88 Å². The number of carbonyl (C=O) groups excluding carboxylic acids is 1. The van der Waals surface area contributed by atoms with Crippen LogP contribution in [0.3, 0.4) is 0 Å². The molecule has 9 heteroatoms. The zero-order valence-corrected chi connectivity index (χ0v) is 13.1. The van der Waals surface area contributed by atoms with Crippen molar-refractivity contribution in [2.24, 2.45) is 0 Å². The smallest absolute Gasteiger partial charge is 0.291 e. The summed E-state index contributed by atoms with van der Waals surface area (Å²) in [4.78, 5) is 19.8. The van der Waals surface area contributed by atoms with E-state index in [9.17, 15) is 4.79 Å². The number of likely N-dealkylation sites (tertiary alicyclic amines) is 1. The molecule has 1 aliphatic heterocycles. The van der Waals surface area contributed by atoms with Gasteiger partial charge in [0, 0.05) is 26.7 Å². The van der Waals surface area contributed by atoms with E-state index in [0.717, 1.165) is 18.7 Å². The Balaban J connectivity index is 1.61. The van der Waals surface area contributed by atoms with E-state index in [-0.39, 0.29) is 17.8 Å². The molecular weight excluding hydrogens is 298 g/mol. The van der Waals surface area contributed by atoms with Crippen molar-refractivity contribution < 1.29 is 9.53 Å². The quantitative estimate of drug-likeness (QED) is 0.868. The minimum Gasteiger partial charge on any atom is -0.471 e. The molecule has 1 amide bonds. The molecule has 1 fully saturated rings. The third kappa shape index (κ3) is 3.55. The van der Waals surface area contributed by atoms with Gasteiger partial charge in [0.2, 0.25) is 11.7 Å². The van der Waals surface area contributed by atoms with Crippen LogP contribution in [0.15, 0.2) is 18.5 Å². The molecule has 0 aliphatic carbocycles. The number of amides is 1. The highest BCUT2D eigenvalue weighted by molar-refractivity contribution is 5.90. The van der Waals surface area contributed by atoms with Gasteiger partial charge in [0.25, 0.3) is 5.91 Å². The number of ether oxygens (including phenoxy) is 1. The summed E-state index contributed by atoms with van der Waals surface area (Å²) >= 11 is 0. The summed E-state index contributed by atoms with van der Waals surface area (Å²) in [5.41, 5.74) is 0. The topological polar surface area (TPSA) is 100 Å². The molecule has 23 heavy (non-hydrogen) atoms. The third-order valence-corrected chi connectivity index (χ3v) is 3.65. The molecule has 122 valence electrons. The van der Waals surface area contributed by atoms with Gasteiger partial charge in [-0.05, 0) is 18.9 Å². The Bertz CT molecular complexity index is 642. The van der Waals surface area contributed by atoms with E-state index in [2.05, 4.69) is 25.4 Å². The molecule has 2 aromatic heterocycles.